The Bertz CT molecular complexity index is 634. The molecule has 2 aromatic carbocycles. The monoisotopic (exact) mass is 284 g/mol. The van der Waals surface area contributed by atoms with Crippen molar-refractivity contribution in [2.45, 2.75) is 0 Å². The number of hydrogen-bond donors (Lipinski definition) is 1. The van der Waals surface area contributed by atoms with E-state index in [0.29, 0.717) is 5.69 Å². The van der Waals surface area contributed by atoms with Crippen LogP contribution in [0.15, 0.2) is 53.6 Å². The molecule has 0 aliphatic carbocycles. The van der Waals surface area contributed by atoms with Gasteiger partial charge >= 0.3 is 0 Å². The van der Waals surface area contributed by atoms with Gasteiger partial charge in [-0.25, -0.2) is 0 Å². The summed E-state index contributed by atoms with van der Waals surface area (Å²) in [7, 11) is 3.97. The van der Waals surface area contributed by atoms with Crippen molar-refractivity contribution in [3.8, 4) is 0 Å². The van der Waals surface area contributed by atoms with Gasteiger partial charge in [-0.15, -0.1) is 0 Å². The van der Waals surface area contributed by atoms with Crippen LogP contribution in [-0.2, 0) is 0 Å². The minimum Gasteiger partial charge on any atom is -0.378 e. The third kappa shape index (κ3) is 4.04. The Hall–Kier alpha value is -2.89. The molecular formula is C15H16N4O2. The SMILES string of the molecule is CN(C)c1ccc(/C=N/Nc2ccc([N+](=O)[O-])cc2)cc1. The fourth-order valence-corrected chi connectivity index (χ4v) is 1.70. The molecule has 0 fully saturated rings. The van der Waals surface area contributed by atoms with E-state index in [1.807, 2.05) is 43.3 Å². The van der Waals surface area contributed by atoms with E-state index in [1.54, 1.807) is 18.3 Å². The molecule has 0 saturated carbocycles. The van der Waals surface area contributed by atoms with Crippen molar-refractivity contribution in [1.29, 1.82) is 0 Å². The van der Waals surface area contributed by atoms with Gasteiger partial charge in [0.1, 0.15) is 0 Å². The Morgan fingerprint density at radius 3 is 2.24 bits per heavy atom. The zero-order valence-electron chi connectivity index (χ0n) is 11.9. The first kappa shape index (κ1) is 14.5. The second-order valence-electron chi connectivity index (χ2n) is 4.66. The maximum atomic E-state index is 10.5. The molecule has 0 aliphatic heterocycles. The number of nitro benzene ring substituents is 1. The Kier molecular flexibility index (Phi) is 4.50. The van der Waals surface area contributed by atoms with Crippen LogP contribution in [0.2, 0.25) is 0 Å². The molecule has 0 bridgehead atoms. The van der Waals surface area contributed by atoms with Gasteiger partial charge in [0.25, 0.3) is 5.69 Å². The normalized spacial score (nSPS) is 10.6. The third-order valence-corrected chi connectivity index (χ3v) is 2.89. The smallest absolute Gasteiger partial charge is 0.269 e. The van der Waals surface area contributed by atoms with Gasteiger partial charge in [0, 0.05) is 31.9 Å². The lowest BCUT2D eigenvalue weighted by Crippen LogP contribution is -2.08. The van der Waals surface area contributed by atoms with E-state index < -0.39 is 4.92 Å². The van der Waals surface area contributed by atoms with E-state index in [0.717, 1.165) is 11.3 Å². The number of hydrogen-bond acceptors (Lipinski definition) is 5. The molecular weight excluding hydrogens is 268 g/mol. The molecule has 0 atom stereocenters. The molecule has 6 heteroatoms. The summed E-state index contributed by atoms with van der Waals surface area (Å²) < 4.78 is 0. The Morgan fingerprint density at radius 1 is 1.10 bits per heavy atom. The first-order valence-electron chi connectivity index (χ1n) is 6.37. The quantitative estimate of drug-likeness (QED) is 0.520. The molecule has 6 nitrogen and oxygen atoms in total. The highest BCUT2D eigenvalue weighted by Gasteiger charge is 2.02. The highest BCUT2D eigenvalue weighted by atomic mass is 16.6. The summed E-state index contributed by atoms with van der Waals surface area (Å²) in [5, 5.41) is 14.6. The maximum Gasteiger partial charge on any atom is 0.269 e. The van der Waals surface area contributed by atoms with E-state index in [4.69, 9.17) is 0 Å². The maximum absolute atomic E-state index is 10.5. The molecule has 1 N–H and O–H groups in total. The summed E-state index contributed by atoms with van der Waals surface area (Å²) >= 11 is 0. The van der Waals surface area contributed by atoms with Crippen LogP contribution in [0.1, 0.15) is 5.56 Å². The van der Waals surface area contributed by atoms with E-state index in [-0.39, 0.29) is 5.69 Å². The predicted molar refractivity (Wildman–Crippen MR) is 85.1 cm³/mol. The Labute approximate surface area is 122 Å². The van der Waals surface area contributed by atoms with Crippen molar-refractivity contribution in [3.63, 3.8) is 0 Å². The molecule has 108 valence electrons. The van der Waals surface area contributed by atoms with Crippen LogP contribution >= 0.6 is 0 Å². The standard InChI is InChI=1S/C15H16N4O2/c1-18(2)14-7-3-12(4-8-14)11-16-17-13-5-9-15(10-6-13)19(20)21/h3-11,17H,1-2H3/b16-11+. The number of hydrazone groups is 1. The van der Waals surface area contributed by atoms with Gasteiger partial charge in [0.15, 0.2) is 0 Å². The van der Waals surface area contributed by atoms with Crippen LogP contribution < -0.4 is 10.3 Å². The van der Waals surface area contributed by atoms with Gasteiger partial charge in [-0.05, 0) is 29.8 Å². The van der Waals surface area contributed by atoms with E-state index in [9.17, 15) is 10.1 Å². The van der Waals surface area contributed by atoms with E-state index in [2.05, 4.69) is 10.5 Å². The molecule has 2 rings (SSSR count). The number of anilines is 2. The van der Waals surface area contributed by atoms with Crippen LogP contribution in [0.3, 0.4) is 0 Å². The lowest BCUT2D eigenvalue weighted by Gasteiger charge is -2.11. The molecule has 0 saturated heterocycles. The van der Waals surface area contributed by atoms with Gasteiger partial charge in [-0.1, -0.05) is 12.1 Å². The van der Waals surface area contributed by atoms with Crippen molar-refractivity contribution in [1.82, 2.24) is 0 Å². The number of rotatable bonds is 5. The molecule has 2 aromatic rings. The second kappa shape index (κ2) is 6.51. The van der Waals surface area contributed by atoms with Crippen molar-refractivity contribution >= 4 is 23.3 Å². The fraction of sp³-hybridized carbons (Fsp3) is 0.133. The predicted octanol–water partition coefficient (Wildman–Crippen LogP) is 3.11. The third-order valence-electron chi connectivity index (χ3n) is 2.89. The average Bonchev–Trinajstić information content (AvgIpc) is 2.48. The minimum absolute atomic E-state index is 0.0591. The molecule has 0 spiro atoms. The number of nitrogens with zero attached hydrogens (tertiary/aromatic N) is 3. The highest BCUT2D eigenvalue weighted by molar-refractivity contribution is 5.81. The first-order valence-corrected chi connectivity index (χ1v) is 6.37. The Morgan fingerprint density at radius 2 is 1.71 bits per heavy atom. The topological polar surface area (TPSA) is 70.8 Å². The van der Waals surface area contributed by atoms with Crippen LogP contribution in [0, 0.1) is 10.1 Å². The fourth-order valence-electron chi connectivity index (χ4n) is 1.70. The largest absolute Gasteiger partial charge is 0.378 e. The van der Waals surface area contributed by atoms with Gasteiger partial charge in [-0.3, -0.25) is 15.5 Å². The van der Waals surface area contributed by atoms with Crippen molar-refractivity contribution < 1.29 is 4.92 Å². The zero-order chi connectivity index (χ0) is 15.2. The van der Waals surface area contributed by atoms with E-state index in [1.165, 1.54) is 12.1 Å². The summed E-state index contributed by atoms with van der Waals surface area (Å²) in [6.07, 6.45) is 1.70. The summed E-state index contributed by atoms with van der Waals surface area (Å²) in [5.74, 6) is 0. The van der Waals surface area contributed by atoms with Gasteiger partial charge in [0.05, 0.1) is 16.8 Å². The highest BCUT2D eigenvalue weighted by Crippen LogP contribution is 2.15. The van der Waals surface area contributed by atoms with Crippen LogP contribution in [0.4, 0.5) is 17.1 Å². The Balaban J connectivity index is 1.97. The molecule has 21 heavy (non-hydrogen) atoms. The van der Waals surface area contributed by atoms with Crippen molar-refractivity contribution in [3.05, 3.63) is 64.2 Å². The molecule has 0 aliphatic rings. The minimum atomic E-state index is -0.431. The summed E-state index contributed by atoms with van der Waals surface area (Å²) in [6, 6.07) is 14.1. The summed E-state index contributed by atoms with van der Waals surface area (Å²) in [4.78, 5) is 12.1. The summed E-state index contributed by atoms with van der Waals surface area (Å²) in [5.41, 5.74) is 5.68. The van der Waals surface area contributed by atoms with Crippen molar-refractivity contribution in [2.24, 2.45) is 5.10 Å². The number of nitrogens with one attached hydrogen (secondary N) is 1. The number of non-ortho nitro benzene ring substituents is 1. The van der Waals surface area contributed by atoms with E-state index >= 15 is 0 Å². The lowest BCUT2D eigenvalue weighted by atomic mass is 10.2. The molecule has 0 radical (unpaired) electrons. The molecule has 0 unspecified atom stereocenters. The second-order valence-corrected chi connectivity index (χ2v) is 4.66. The van der Waals surface area contributed by atoms with Crippen LogP contribution in [0.25, 0.3) is 0 Å². The molecule has 0 amide bonds. The molecule has 0 heterocycles. The zero-order valence-corrected chi connectivity index (χ0v) is 11.9. The number of benzene rings is 2. The molecule has 0 aromatic heterocycles. The van der Waals surface area contributed by atoms with Gasteiger partial charge in [-0.2, -0.15) is 5.10 Å². The lowest BCUT2D eigenvalue weighted by molar-refractivity contribution is -0.384. The summed E-state index contributed by atoms with van der Waals surface area (Å²) in [6.45, 7) is 0. The van der Waals surface area contributed by atoms with Crippen LogP contribution in [-0.4, -0.2) is 25.2 Å². The van der Waals surface area contributed by atoms with Crippen LogP contribution in [0.5, 0.6) is 0 Å². The number of nitro groups is 1. The van der Waals surface area contributed by atoms with Gasteiger partial charge < -0.3 is 4.90 Å². The van der Waals surface area contributed by atoms with Gasteiger partial charge in [0.2, 0.25) is 0 Å². The average molecular weight is 284 g/mol. The first-order chi connectivity index (χ1) is 10.1. The van der Waals surface area contributed by atoms with Crippen molar-refractivity contribution in [2.75, 3.05) is 24.4 Å².